The Bertz CT molecular complexity index is 2470. The van der Waals surface area contributed by atoms with Crippen molar-refractivity contribution in [3.05, 3.63) is 41.5 Å². The number of anilines is 1. The molecule has 9 nitrogen and oxygen atoms in total. The highest BCUT2D eigenvalue weighted by Crippen LogP contribution is 2.48. The van der Waals surface area contributed by atoms with E-state index in [9.17, 15) is 4.39 Å². The lowest BCUT2D eigenvalue weighted by molar-refractivity contribution is 0.107. The standard InChI is InChI=1S/C52H73F3N6O3Si2/c1-32(2)65(33(3)4,34(5)6)26-19-41-43(54)18-17-38-27-40(64-66(35(7)8,36(9)10)37(11)12)28-42(44(38)41)47-46(55)48-45-49(61-23-15-13-14-22-60(61)24-25-62-50(45)56-47)58-51(57-48)63-31-52-20-16-21-59(52)30-39(53)29-52/h17-18,27-28,32-37,39H,13-16,20-25,29-31H2,1-12H3/t39-,52+/m1/s1. The molecule has 3 fully saturated rings. The molecule has 0 bridgehead atoms. The molecule has 2 aromatic heterocycles. The molecule has 14 heteroatoms. The fraction of sp³-hybridized carbons (Fsp3) is 0.635. The Morgan fingerprint density at radius 1 is 0.803 bits per heavy atom. The average Bonchev–Trinajstić information content (AvgIpc) is 3.67. The van der Waals surface area contributed by atoms with Crippen LogP contribution in [0.2, 0.25) is 33.2 Å². The number of fused-ring (bicyclic) bond motifs is 4. The van der Waals surface area contributed by atoms with E-state index in [0.29, 0.717) is 82.6 Å². The van der Waals surface area contributed by atoms with Gasteiger partial charge in [-0.15, -0.1) is 5.54 Å². The molecule has 4 aliphatic heterocycles. The summed E-state index contributed by atoms with van der Waals surface area (Å²) in [6.45, 7) is 30.6. The van der Waals surface area contributed by atoms with Crippen LogP contribution in [0, 0.1) is 23.1 Å². The van der Waals surface area contributed by atoms with Crippen molar-refractivity contribution in [2.45, 2.75) is 167 Å². The van der Waals surface area contributed by atoms with Crippen LogP contribution in [0.1, 0.15) is 127 Å². The Labute approximate surface area is 393 Å². The summed E-state index contributed by atoms with van der Waals surface area (Å²) in [5, 5.41) is 5.85. The lowest BCUT2D eigenvalue weighted by atomic mass is 9.95. The minimum atomic E-state index is -2.54. The Morgan fingerprint density at radius 2 is 1.50 bits per heavy atom. The van der Waals surface area contributed by atoms with Gasteiger partial charge in [0.05, 0.1) is 17.6 Å². The molecule has 0 N–H and O–H groups in total. The monoisotopic (exact) mass is 943 g/mol. The number of ether oxygens (including phenoxy) is 2. The molecule has 4 aliphatic rings. The number of hydrogen-bond acceptors (Lipinski definition) is 9. The second-order valence-electron chi connectivity index (χ2n) is 21.5. The molecule has 66 heavy (non-hydrogen) atoms. The minimum Gasteiger partial charge on any atom is -0.543 e. The van der Waals surface area contributed by atoms with E-state index in [2.05, 4.69) is 109 Å². The van der Waals surface area contributed by atoms with Gasteiger partial charge in [0.1, 0.15) is 55.6 Å². The van der Waals surface area contributed by atoms with Crippen LogP contribution in [0.5, 0.6) is 17.6 Å². The molecule has 2 atom stereocenters. The van der Waals surface area contributed by atoms with Gasteiger partial charge in [-0.3, -0.25) is 9.91 Å². The molecule has 8 rings (SSSR count). The van der Waals surface area contributed by atoms with Gasteiger partial charge in [-0.05, 0) is 89.1 Å². The van der Waals surface area contributed by atoms with Crippen molar-refractivity contribution in [3.63, 3.8) is 0 Å². The molecule has 358 valence electrons. The highest BCUT2D eigenvalue weighted by atomic mass is 28.4. The van der Waals surface area contributed by atoms with Crippen LogP contribution in [-0.4, -0.2) is 98.9 Å². The van der Waals surface area contributed by atoms with Gasteiger partial charge >= 0.3 is 6.01 Å². The van der Waals surface area contributed by atoms with E-state index in [1.54, 1.807) is 6.07 Å². The number of pyridine rings is 1. The predicted molar refractivity (Wildman–Crippen MR) is 267 cm³/mol. The number of halogens is 3. The van der Waals surface area contributed by atoms with E-state index < -0.39 is 39.7 Å². The molecule has 0 unspecified atom stereocenters. The molecular weight excluding hydrogens is 870 g/mol. The Balaban J connectivity index is 1.41. The quantitative estimate of drug-likeness (QED) is 0.102. The number of benzene rings is 2. The number of nitrogens with zero attached hydrogens (tertiary/aromatic N) is 6. The Morgan fingerprint density at radius 3 is 2.18 bits per heavy atom. The maximum Gasteiger partial charge on any atom is 0.319 e. The smallest absolute Gasteiger partial charge is 0.319 e. The lowest BCUT2D eigenvalue weighted by Crippen LogP contribution is -2.50. The topological polar surface area (TPSA) is 76.1 Å². The second-order valence-corrected chi connectivity index (χ2v) is 32.5. The van der Waals surface area contributed by atoms with E-state index in [-0.39, 0.29) is 51.9 Å². The first-order valence-electron chi connectivity index (χ1n) is 24.9. The van der Waals surface area contributed by atoms with Crippen molar-refractivity contribution in [1.29, 1.82) is 0 Å². The molecular formula is C52H73F3N6O3Si2. The third-order valence-corrected chi connectivity index (χ3v) is 28.3. The SMILES string of the molecule is CC(C)[Si](C#Cc1c(F)ccc2cc(O[Si](C(C)C)(C(C)C)C(C)C)cc(-c3nc4c5c(nc(OC[C@@]67CCCN6C[C@H](F)C7)nc5c3F)N3CCCCCN3CCO4)c12)(C(C)C)C(C)C. The predicted octanol–water partition coefficient (Wildman–Crippen LogP) is 12.8. The van der Waals surface area contributed by atoms with E-state index in [0.717, 1.165) is 45.2 Å². The highest BCUT2D eigenvalue weighted by molar-refractivity contribution is 6.90. The summed E-state index contributed by atoms with van der Waals surface area (Å²) in [4.78, 5) is 17.2. The Kier molecular flexibility index (Phi) is 13.9. The Hall–Kier alpha value is -3.91. The van der Waals surface area contributed by atoms with E-state index in [4.69, 9.17) is 28.9 Å². The number of hydrogen-bond donors (Lipinski definition) is 0. The van der Waals surface area contributed by atoms with Gasteiger partial charge < -0.3 is 13.9 Å². The zero-order chi connectivity index (χ0) is 47.5. The molecule has 0 radical (unpaired) electrons. The molecule has 6 heterocycles. The zero-order valence-electron chi connectivity index (χ0n) is 41.6. The van der Waals surface area contributed by atoms with Crippen LogP contribution in [0.3, 0.4) is 0 Å². The summed E-state index contributed by atoms with van der Waals surface area (Å²) >= 11 is 0. The first-order valence-corrected chi connectivity index (χ1v) is 29.3. The maximum atomic E-state index is 18.4. The molecule has 0 aliphatic carbocycles. The fourth-order valence-corrected chi connectivity index (χ4v) is 23.4. The van der Waals surface area contributed by atoms with Crippen LogP contribution < -0.4 is 18.9 Å². The third-order valence-electron chi connectivity index (χ3n) is 16.0. The third kappa shape index (κ3) is 8.40. The lowest BCUT2D eigenvalue weighted by Gasteiger charge is -2.42. The van der Waals surface area contributed by atoms with Gasteiger partial charge in [0.2, 0.25) is 5.88 Å². The van der Waals surface area contributed by atoms with Crippen molar-refractivity contribution in [2.75, 3.05) is 50.9 Å². The second kappa shape index (κ2) is 18.9. The molecule has 0 spiro atoms. The molecule has 3 saturated heterocycles. The highest BCUT2D eigenvalue weighted by Gasteiger charge is 2.50. The van der Waals surface area contributed by atoms with E-state index in [1.165, 1.54) is 6.07 Å². The van der Waals surface area contributed by atoms with Gasteiger partial charge in [-0.2, -0.15) is 9.97 Å². The van der Waals surface area contributed by atoms with Crippen LogP contribution in [0.4, 0.5) is 19.0 Å². The van der Waals surface area contributed by atoms with Gasteiger partial charge in [0.15, 0.2) is 11.6 Å². The van der Waals surface area contributed by atoms with E-state index in [1.807, 2.05) is 12.1 Å². The van der Waals surface area contributed by atoms with Gasteiger partial charge in [-0.25, -0.2) is 23.2 Å². The van der Waals surface area contributed by atoms with Crippen molar-refractivity contribution < 1.29 is 27.1 Å². The molecule has 2 aromatic carbocycles. The van der Waals surface area contributed by atoms with Crippen molar-refractivity contribution >= 4 is 43.9 Å². The van der Waals surface area contributed by atoms with Gasteiger partial charge in [0, 0.05) is 37.0 Å². The number of aromatic nitrogens is 3. The normalized spacial score (nSPS) is 20.9. The fourth-order valence-electron chi connectivity index (χ4n) is 12.9. The zero-order valence-corrected chi connectivity index (χ0v) is 43.6. The summed E-state index contributed by atoms with van der Waals surface area (Å²) in [5.41, 5.74) is 5.57. The van der Waals surface area contributed by atoms with Crippen molar-refractivity contribution in [1.82, 2.24) is 24.9 Å². The summed E-state index contributed by atoms with van der Waals surface area (Å²) in [5.74, 6) is 3.52. The largest absolute Gasteiger partial charge is 0.543 e. The van der Waals surface area contributed by atoms with Crippen LogP contribution in [0.25, 0.3) is 32.9 Å². The summed E-state index contributed by atoms with van der Waals surface area (Å²) in [6.07, 6.45) is 4.20. The summed E-state index contributed by atoms with van der Waals surface area (Å²) < 4.78 is 70.5. The number of rotatable bonds is 12. The van der Waals surface area contributed by atoms with E-state index >= 15 is 8.78 Å². The molecule has 0 saturated carbocycles. The molecule has 4 aromatic rings. The van der Waals surface area contributed by atoms with Gasteiger partial charge in [0.25, 0.3) is 8.32 Å². The number of alkyl halides is 1. The molecule has 0 amide bonds. The van der Waals surface area contributed by atoms with Crippen molar-refractivity contribution in [2.24, 2.45) is 0 Å². The van der Waals surface area contributed by atoms with Gasteiger partial charge in [-0.1, -0.05) is 101 Å². The van der Waals surface area contributed by atoms with Crippen LogP contribution >= 0.6 is 0 Å². The summed E-state index contributed by atoms with van der Waals surface area (Å²) in [7, 11) is -4.88. The van der Waals surface area contributed by atoms with Crippen molar-refractivity contribution in [3.8, 4) is 40.4 Å². The minimum absolute atomic E-state index is 0.00119. The maximum absolute atomic E-state index is 18.4. The van der Waals surface area contributed by atoms with Crippen LogP contribution in [0.15, 0.2) is 24.3 Å². The summed E-state index contributed by atoms with van der Waals surface area (Å²) in [6, 6.07) is 7.07. The first kappa shape index (κ1) is 48.5. The average molecular weight is 943 g/mol. The number of hydrazine groups is 1. The van der Waals surface area contributed by atoms with Crippen LogP contribution in [-0.2, 0) is 0 Å². The first-order chi connectivity index (χ1) is 31.3.